The number of aliphatic hydroxyl groups is 1. The van der Waals surface area contributed by atoms with E-state index >= 15 is 0 Å². The van der Waals surface area contributed by atoms with E-state index < -0.39 is 0 Å². The van der Waals surface area contributed by atoms with Crippen LogP contribution >= 0.6 is 0 Å². The molecule has 2 heteroatoms. The summed E-state index contributed by atoms with van der Waals surface area (Å²) in [6, 6.07) is 0. The van der Waals surface area contributed by atoms with Crippen LogP contribution in [0.2, 0.25) is 0 Å². The molecule has 0 aromatic carbocycles. The zero-order valence-electron chi connectivity index (χ0n) is 13.4. The summed E-state index contributed by atoms with van der Waals surface area (Å²) in [7, 11) is 0. The van der Waals surface area contributed by atoms with Crippen molar-refractivity contribution >= 4 is 5.78 Å². The number of hydrogen-bond donors (Lipinski definition) is 1. The Hall–Kier alpha value is -0.370. The van der Waals surface area contributed by atoms with Crippen LogP contribution in [0.1, 0.15) is 71.1 Å². The monoisotopic (exact) mass is 290 g/mol. The van der Waals surface area contributed by atoms with Gasteiger partial charge in [-0.05, 0) is 86.4 Å². The van der Waals surface area contributed by atoms with Crippen LogP contribution in [-0.2, 0) is 4.79 Å². The molecule has 4 aliphatic rings. The highest BCUT2D eigenvalue weighted by Gasteiger charge is 2.54. The second kappa shape index (κ2) is 5.08. The molecule has 7 atom stereocenters. The number of aliphatic hydroxyl groups excluding tert-OH is 1. The molecule has 118 valence electrons. The molecule has 2 nitrogen and oxygen atoms in total. The Kier molecular flexibility index (Phi) is 3.44. The quantitative estimate of drug-likeness (QED) is 0.733. The summed E-state index contributed by atoms with van der Waals surface area (Å²) < 4.78 is 0. The van der Waals surface area contributed by atoms with Crippen molar-refractivity contribution in [1.82, 2.24) is 0 Å². The van der Waals surface area contributed by atoms with Gasteiger partial charge in [-0.15, -0.1) is 0 Å². The topological polar surface area (TPSA) is 37.3 Å². The van der Waals surface area contributed by atoms with Gasteiger partial charge in [0.1, 0.15) is 5.78 Å². The highest BCUT2D eigenvalue weighted by atomic mass is 16.3. The maximum atomic E-state index is 11.8. The molecule has 21 heavy (non-hydrogen) atoms. The number of rotatable bonds is 0. The Balaban J connectivity index is 1.57. The molecule has 4 fully saturated rings. The molecule has 0 amide bonds. The smallest absolute Gasteiger partial charge is 0.133 e. The summed E-state index contributed by atoms with van der Waals surface area (Å²) in [4.78, 5) is 11.8. The third-order valence-corrected chi connectivity index (χ3v) is 7.97. The minimum atomic E-state index is -0.0386. The van der Waals surface area contributed by atoms with E-state index in [2.05, 4.69) is 6.92 Å². The fraction of sp³-hybridized carbons (Fsp3) is 0.947. The average Bonchev–Trinajstić information content (AvgIpc) is 2.47. The molecule has 0 aromatic heterocycles. The van der Waals surface area contributed by atoms with E-state index in [4.69, 9.17) is 0 Å². The van der Waals surface area contributed by atoms with Crippen LogP contribution in [0, 0.1) is 35.0 Å². The van der Waals surface area contributed by atoms with Gasteiger partial charge in [0, 0.05) is 12.8 Å². The van der Waals surface area contributed by atoms with Crippen molar-refractivity contribution in [3.05, 3.63) is 0 Å². The largest absolute Gasteiger partial charge is 0.393 e. The number of hydrogen-bond acceptors (Lipinski definition) is 2. The summed E-state index contributed by atoms with van der Waals surface area (Å²) in [6.07, 6.45) is 11.5. The van der Waals surface area contributed by atoms with Crippen molar-refractivity contribution < 1.29 is 9.90 Å². The van der Waals surface area contributed by atoms with Crippen LogP contribution in [0.3, 0.4) is 0 Å². The molecule has 4 saturated carbocycles. The van der Waals surface area contributed by atoms with E-state index in [0.717, 1.165) is 49.4 Å². The van der Waals surface area contributed by atoms with E-state index in [-0.39, 0.29) is 6.10 Å². The zero-order valence-corrected chi connectivity index (χ0v) is 13.4. The fourth-order valence-corrected chi connectivity index (χ4v) is 6.86. The molecule has 0 spiro atoms. The summed E-state index contributed by atoms with van der Waals surface area (Å²) in [5.74, 6) is 4.58. The molecule has 0 radical (unpaired) electrons. The molecule has 4 rings (SSSR count). The lowest BCUT2D eigenvalue weighted by Crippen LogP contribution is -2.53. The first-order valence-corrected chi connectivity index (χ1v) is 9.27. The molecule has 0 heterocycles. The standard InChI is InChI=1S/C19H30O2/c1-19-9-8-15(21)11-13(19)3-5-17-16-6-4-14(20)10-12(16)2-7-18(17)19/h12-13,15-18,21H,2-11H2,1H3. The highest BCUT2D eigenvalue weighted by molar-refractivity contribution is 5.79. The summed E-state index contributed by atoms with van der Waals surface area (Å²) >= 11 is 0. The van der Waals surface area contributed by atoms with Crippen molar-refractivity contribution in [2.45, 2.75) is 77.2 Å². The Labute approximate surface area is 128 Å². The van der Waals surface area contributed by atoms with Gasteiger partial charge in [-0.25, -0.2) is 0 Å². The normalized spacial score (nSPS) is 53.5. The number of ketones is 1. The third-order valence-electron chi connectivity index (χ3n) is 7.97. The van der Waals surface area contributed by atoms with E-state index in [0.29, 0.717) is 17.1 Å². The number of fused-ring (bicyclic) bond motifs is 5. The lowest BCUT2D eigenvalue weighted by molar-refractivity contribution is -0.134. The summed E-state index contributed by atoms with van der Waals surface area (Å²) in [5, 5.41) is 10.0. The molecule has 0 bridgehead atoms. The second-order valence-electron chi connectivity index (χ2n) is 8.76. The van der Waals surface area contributed by atoms with Gasteiger partial charge in [-0.3, -0.25) is 4.79 Å². The van der Waals surface area contributed by atoms with Gasteiger partial charge >= 0.3 is 0 Å². The predicted octanol–water partition coefficient (Wildman–Crippen LogP) is 3.96. The van der Waals surface area contributed by atoms with Crippen LogP contribution in [0.15, 0.2) is 0 Å². The van der Waals surface area contributed by atoms with Crippen LogP contribution in [0.5, 0.6) is 0 Å². The average molecular weight is 290 g/mol. The lowest BCUT2D eigenvalue weighted by atomic mass is 9.46. The van der Waals surface area contributed by atoms with Crippen LogP contribution in [0.4, 0.5) is 0 Å². The number of Topliss-reactive ketones (excluding diaryl/α,β-unsaturated/α-hetero) is 1. The minimum Gasteiger partial charge on any atom is -0.393 e. The van der Waals surface area contributed by atoms with E-state index in [1.165, 1.54) is 38.5 Å². The molecule has 4 aliphatic carbocycles. The van der Waals surface area contributed by atoms with Gasteiger partial charge in [0.15, 0.2) is 0 Å². The third kappa shape index (κ3) is 2.20. The molecule has 1 N–H and O–H groups in total. The van der Waals surface area contributed by atoms with Gasteiger partial charge in [0.25, 0.3) is 0 Å². The number of carbonyl (C=O) groups is 1. The summed E-state index contributed by atoms with van der Waals surface area (Å²) in [5.41, 5.74) is 0.481. The van der Waals surface area contributed by atoms with Gasteiger partial charge in [0.2, 0.25) is 0 Å². The highest BCUT2D eigenvalue weighted by Crippen LogP contribution is 2.62. The van der Waals surface area contributed by atoms with Gasteiger partial charge < -0.3 is 5.11 Å². The molecular weight excluding hydrogens is 260 g/mol. The molecule has 0 aromatic rings. The molecular formula is C19H30O2. The lowest BCUT2D eigenvalue weighted by Gasteiger charge is -2.59. The fourth-order valence-electron chi connectivity index (χ4n) is 6.86. The maximum absolute atomic E-state index is 11.8. The van der Waals surface area contributed by atoms with Crippen LogP contribution in [-0.4, -0.2) is 17.0 Å². The summed E-state index contributed by atoms with van der Waals surface area (Å²) in [6.45, 7) is 2.54. The SMILES string of the molecule is CC12CCC(O)CC1CCC1C3CCC(=O)CC3CCC12. The molecule has 0 saturated heterocycles. The van der Waals surface area contributed by atoms with Gasteiger partial charge in [-0.1, -0.05) is 6.92 Å². The van der Waals surface area contributed by atoms with Crippen LogP contribution < -0.4 is 0 Å². The Bertz CT molecular complexity index is 431. The minimum absolute atomic E-state index is 0.0386. The first kappa shape index (κ1) is 14.2. The Morgan fingerprint density at radius 2 is 1.90 bits per heavy atom. The van der Waals surface area contributed by atoms with Crippen molar-refractivity contribution in [2.24, 2.45) is 35.0 Å². The predicted molar refractivity (Wildman–Crippen MR) is 82.7 cm³/mol. The van der Waals surface area contributed by atoms with Crippen molar-refractivity contribution in [3.8, 4) is 0 Å². The first-order chi connectivity index (χ1) is 10.1. The van der Waals surface area contributed by atoms with E-state index in [1.54, 1.807) is 0 Å². The molecule has 0 aliphatic heterocycles. The van der Waals surface area contributed by atoms with Crippen molar-refractivity contribution in [1.29, 1.82) is 0 Å². The van der Waals surface area contributed by atoms with Gasteiger partial charge in [-0.2, -0.15) is 0 Å². The first-order valence-electron chi connectivity index (χ1n) is 9.27. The van der Waals surface area contributed by atoms with E-state index in [1.807, 2.05) is 0 Å². The maximum Gasteiger partial charge on any atom is 0.133 e. The van der Waals surface area contributed by atoms with Gasteiger partial charge in [0.05, 0.1) is 6.10 Å². The number of carbonyl (C=O) groups excluding carboxylic acids is 1. The van der Waals surface area contributed by atoms with Crippen LogP contribution in [0.25, 0.3) is 0 Å². The second-order valence-corrected chi connectivity index (χ2v) is 8.76. The molecule has 7 unspecified atom stereocenters. The Morgan fingerprint density at radius 3 is 2.76 bits per heavy atom. The van der Waals surface area contributed by atoms with Crippen molar-refractivity contribution in [2.75, 3.05) is 0 Å². The Morgan fingerprint density at radius 1 is 1.05 bits per heavy atom. The van der Waals surface area contributed by atoms with Crippen molar-refractivity contribution in [3.63, 3.8) is 0 Å². The zero-order chi connectivity index (χ0) is 14.6. The van der Waals surface area contributed by atoms with E-state index in [9.17, 15) is 9.90 Å².